The van der Waals surface area contributed by atoms with Crippen LogP contribution in [-0.2, 0) is 4.74 Å². The normalized spacial score (nSPS) is 22.0. The van der Waals surface area contributed by atoms with Gasteiger partial charge in [-0.15, -0.1) is 0 Å². The van der Waals surface area contributed by atoms with E-state index in [1.807, 2.05) is 18.2 Å². The highest BCUT2D eigenvalue weighted by Gasteiger charge is 2.13. The number of allylic oxidation sites excluding steroid dienone is 3. The molecule has 2 N–H and O–H groups in total. The highest BCUT2D eigenvalue weighted by atomic mass is 16.5. The number of fused-ring (bicyclic) bond motifs is 2. The average molecular weight is 121 g/mol. The summed E-state index contributed by atoms with van der Waals surface area (Å²) < 4.78 is 5.23. The summed E-state index contributed by atoms with van der Waals surface area (Å²) >= 11 is 0. The van der Waals surface area contributed by atoms with Gasteiger partial charge in [0.1, 0.15) is 11.5 Å². The van der Waals surface area contributed by atoms with Gasteiger partial charge in [0.25, 0.3) is 0 Å². The molecular weight excluding hydrogens is 114 g/mol. The molecule has 0 spiro atoms. The van der Waals surface area contributed by atoms with E-state index in [-0.39, 0.29) is 0 Å². The summed E-state index contributed by atoms with van der Waals surface area (Å²) in [5.74, 6) is 1.86. The number of nitrogens with two attached hydrogens (primary N) is 1. The molecule has 0 unspecified atom stereocenters. The fraction of sp³-hybridized carbons (Fsp3) is 0.143. The van der Waals surface area contributed by atoms with Gasteiger partial charge < -0.3 is 10.5 Å². The lowest BCUT2D eigenvalue weighted by Crippen LogP contribution is -1.99. The predicted octanol–water partition coefficient (Wildman–Crippen LogP) is 1.03. The Labute approximate surface area is 53.3 Å². The van der Waals surface area contributed by atoms with E-state index in [0.29, 0.717) is 0 Å². The van der Waals surface area contributed by atoms with E-state index in [9.17, 15) is 0 Å². The van der Waals surface area contributed by atoms with Crippen molar-refractivity contribution in [2.24, 2.45) is 5.73 Å². The van der Waals surface area contributed by atoms with Gasteiger partial charge in [0, 0.05) is 18.2 Å². The fourth-order valence-electron chi connectivity index (χ4n) is 1.00. The van der Waals surface area contributed by atoms with E-state index >= 15 is 0 Å². The molecule has 2 heteroatoms. The van der Waals surface area contributed by atoms with Crippen LogP contribution in [0.2, 0.25) is 0 Å². The molecule has 0 aromatic carbocycles. The summed E-state index contributed by atoms with van der Waals surface area (Å²) in [5.41, 5.74) is 6.31. The second-order valence-corrected chi connectivity index (χ2v) is 2.17. The Bertz CT molecular complexity index is 235. The molecule has 0 radical (unpaired) electrons. The lowest BCUT2D eigenvalue weighted by molar-refractivity contribution is 0.332. The van der Waals surface area contributed by atoms with Gasteiger partial charge in [-0.25, -0.2) is 0 Å². The Morgan fingerprint density at radius 3 is 3.11 bits per heavy atom. The van der Waals surface area contributed by atoms with Crippen molar-refractivity contribution < 1.29 is 4.74 Å². The van der Waals surface area contributed by atoms with Crippen molar-refractivity contribution in [3.63, 3.8) is 0 Å². The number of rotatable bonds is 0. The van der Waals surface area contributed by atoms with Gasteiger partial charge in [0.2, 0.25) is 0 Å². The summed E-state index contributed by atoms with van der Waals surface area (Å²) in [6.07, 6.45) is 6.60. The minimum Gasteiger partial charge on any atom is -0.462 e. The van der Waals surface area contributed by atoms with E-state index in [2.05, 4.69) is 0 Å². The second kappa shape index (κ2) is 1.41. The Hall–Kier alpha value is -1.18. The van der Waals surface area contributed by atoms with Crippen LogP contribution in [0, 0.1) is 0 Å². The Balaban J connectivity index is 2.47. The lowest BCUT2D eigenvalue weighted by Gasteiger charge is -2.06. The van der Waals surface area contributed by atoms with E-state index in [4.69, 9.17) is 10.5 Å². The van der Waals surface area contributed by atoms with Crippen LogP contribution >= 0.6 is 0 Å². The highest BCUT2D eigenvalue weighted by molar-refractivity contribution is 5.36. The predicted molar refractivity (Wildman–Crippen MR) is 34.1 cm³/mol. The molecule has 2 aliphatic rings. The number of hydrogen-bond acceptors (Lipinski definition) is 2. The molecule has 0 aromatic heterocycles. The topological polar surface area (TPSA) is 35.2 Å². The molecule has 0 aliphatic carbocycles. The third kappa shape index (κ3) is 0.633. The molecule has 2 bridgehead atoms. The van der Waals surface area contributed by atoms with Crippen molar-refractivity contribution >= 4 is 0 Å². The molecule has 9 heavy (non-hydrogen) atoms. The van der Waals surface area contributed by atoms with Gasteiger partial charge in [-0.3, -0.25) is 0 Å². The lowest BCUT2D eigenvalue weighted by atomic mass is 10.3. The van der Waals surface area contributed by atoms with Gasteiger partial charge in [-0.1, -0.05) is 0 Å². The molecule has 2 nitrogen and oxygen atoms in total. The molecule has 46 valence electrons. The fourth-order valence-corrected chi connectivity index (χ4v) is 1.00. The standard InChI is InChI=1S/C7H7NO/c8-5-3-6-1-2-7(4-5)9-6/h1,3-4H,2,8H2. The van der Waals surface area contributed by atoms with Crippen LogP contribution in [0.5, 0.6) is 0 Å². The van der Waals surface area contributed by atoms with Crippen molar-refractivity contribution in [3.05, 3.63) is 35.4 Å². The van der Waals surface area contributed by atoms with Gasteiger partial charge in [0.05, 0.1) is 0 Å². The van der Waals surface area contributed by atoms with E-state index in [1.54, 1.807) is 0 Å². The third-order valence-electron chi connectivity index (χ3n) is 1.39. The molecule has 0 saturated carbocycles. The minimum absolute atomic E-state index is 0.792. The first kappa shape index (κ1) is 4.68. The first-order valence-electron chi connectivity index (χ1n) is 2.90. The smallest absolute Gasteiger partial charge is 0.125 e. The second-order valence-electron chi connectivity index (χ2n) is 2.17. The minimum atomic E-state index is 0.792. The van der Waals surface area contributed by atoms with Gasteiger partial charge >= 0.3 is 0 Å². The van der Waals surface area contributed by atoms with Crippen LogP contribution in [0.15, 0.2) is 35.4 Å². The summed E-state index contributed by atoms with van der Waals surface area (Å²) in [5, 5.41) is 0. The van der Waals surface area contributed by atoms with Crippen molar-refractivity contribution in [2.45, 2.75) is 6.42 Å². The molecule has 2 heterocycles. The molecule has 0 aromatic rings. The van der Waals surface area contributed by atoms with Gasteiger partial charge in [0.15, 0.2) is 0 Å². The van der Waals surface area contributed by atoms with Crippen LogP contribution in [0.4, 0.5) is 0 Å². The summed E-state index contributed by atoms with van der Waals surface area (Å²) in [7, 11) is 0. The highest BCUT2D eigenvalue weighted by Crippen LogP contribution is 2.26. The summed E-state index contributed by atoms with van der Waals surface area (Å²) in [4.78, 5) is 0. The SMILES string of the molecule is NC1=CC2=CCC(=C1)O2. The summed E-state index contributed by atoms with van der Waals surface area (Å²) in [6.45, 7) is 0. The maximum atomic E-state index is 5.52. The van der Waals surface area contributed by atoms with Crippen LogP contribution in [0.25, 0.3) is 0 Å². The van der Waals surface area contributed by atoms with Crippen molar-refractivity contribution in [1.29, 1.82) is 0 Å². The molecular formula is C7H7NO. The molecule has 2 rings (SSSR count). The van der Waals surface area contributed by atoms with Crippen molar-refractivity contribution in [1.82, 2.24) is 0 Å². The van der Waals surface area contributed by atoms with E-state index in [1.165, 1.54) is 0 Å². The maximum Gasteiger partial charge on any atom is 0.125 e. The molecule has 0 fully saturated rings. The zero-order valence-electron chi connectivity index (χ0n) is 4.92. The number of hydrogen-bond donors (Lipinski definition) is 1. The zero-order chi connectivity index (χ0) is 6.27. The first-order chi connectivity index (χ1) is 4.34. The Morgan fingerprint density at radius 1 is 1.44 bits per heavy atom. The van der Waals surface area contributed by atoms with Crippen molar-refractivity contribution in [2.75, 3.05) is 0 Å². The van der Waals surface area contributed by atoms with E-state index in [0.717, 1.165) is 23.6 Å². The number of ether oxygens (including phenoxy) is 1. The van der Waals surface area contributed by atoms with Crippen molar-refractivity contribution in [3.8, 4) is 0 Å². The third-order valence-corrected chi connectivity index (χ3v) is 1.39. The van der Waals surface area contributed by atoms with Gasteiger partial charge in [-0.05, 0) is 12.2 Å². The van der Waals surface area contributed by atoms with Crippen LogP contribution < -0.4 is 5.73 Å². The largest absolute Gasteiger partial charge is 0.462 e. The van der Waals surface area contributed by atoms with Crippen LogP contribution in [0.3, 0.4) is 0 Å². The van der Waals surface area contributed by atoms with E-state index < -0.39 is 0 Å². The maximum absolute atomic E-state index is 5.52. The molecule has 2 aliphatic heterocycles. The quantitative estimate of drug-likeness (QED) is 0.519. The molecule has 0 saturated heterocycles. The van der Waals surface area contributed by atoms with Crippen LogP contribution in [0.1, 0.15) is 6.42 Å². The monoisotopic (exact) mass is 121 g/mol. The first-order valence-corrected chi connectivity index (χ1v) is 2.90. The van der Waals surface area contributed by atoms with Gasteiger partial charge in [-0.2, -0.15) is 0 Å². The summed E-state index contributed by atoms with van der Waals surface area (Å²) in [6, 6.07) is 0. The average Bonchev–Trinajstić information content (AvgIpc) is 2.11. The van der Waals surface area contributed by atoms with Crippen LogP contribution in [-0.4, -0.2) is 0 Å². The Morgan fingerprint density at radius 2 is 2.33 bits per heavy atom. The molecule has 0 amide bonds. The zero-order valence-corrected chi connectivity index (χ0v) is 4.92. The Kier molecular flexibility index (Phi) is 0.730. The molecule has 0 atom stereocenters.